The summed E-state index contributed by atoms with van der Waals surface area (Å²) in [6, 6.07) is 10.9. The molecule has 0 bridgehead atoms. The molecule has 0 radical (unpaired) electrons. The van der Waals surface area contributed by atoms with Gasteiger partial charge >= 0.3 is 11.9 Å². The molecule has 2 aromatic carbocycles. The molecule has 8 heteroatoms. The molecule has 1 aliphatic rings. The van der Waals surface area contributed by atoms with Crippen molar-refractivity contribution in [3.05, 3.63) is 53.6 Å². The van der Waals surface area contributed by atoms with E-state index in [4.69, 9.17) is 18.9 Å². The van der Waals surface area contributed by atoms with Crippen LogP contribution in [0.15, 0.2) is 42.5 Å². The lowest BCUT2D eigenvalue weighted by Gasteiger charge is -2.08. The average Bonchev–Trinajstić information content (AvgIpc) is 3.20. The smallest absolute Gasteiger partial charge is 0.338 e. The van der Waals surface area contributed by atoms with Gasteiger partial charge in [-0.3, -0.25) is 4.79 Å². The van der Waals surface area contributed by atoms with Gasteiger partial charge in [-0.1, -0.05) is 13.3 Å². The van der Waals surface area contributed by atoms with Crippen molar-refractivity contribution in [3.8, 4) is 11.5 Å². The summed E-state index contributed by atoms with van der Waals surface area (Å²) >= 11 is 0. The maximum atomic E-state index is 12.1. The van der Waals surface area contributed by atoms with E-state index < -0.39 is 24.5 Å². The second-order valence-corrected chi connectivity index (χ2v) is 6.26. The van der Waals surface area contributed by atoms with Gasteiger partial charge in [0, 0.05) is 5.69 Å². The van der Waals surface area contributed by atoms with Crippen LogP contribution in [0.5, 0.6) is 11.5 Å². The average molecular weight is 399 g/mol. The van der Waals surface area contributed by atoms with Gasteiger partial charge in [-0.15, -0.1) is 0 Å². The first-order chi connectivity index (χ1) is 14.1. The number of anilines is 1. The summed E-state index contributed by atoms with van der Waals surface area (Å²) in [7, 11) is 0. The zero-order valence-corrected chi connectivity index (χ0v) is 15.9. The van der Waals surface area contributed by atoms with Crippen molar-refractivity contribution in [2.45, 2.75) is 19.8 Å². The van der Waals surface area contributed by atoms with Gasteiger partial charge in [0.15, 0.2) is 18.1 Å². The van der Waals surface area contributed by atoms with Crippen molar-refractivity contribution < 1.29 is 33.3 Å². The summed E-state index contributed by atoms with van der Waals surface area (Å²) in [6.45, 7) is 2.04. The van der Waals surface area contributed by atoms with Gasteiger partial charge in [0.25, 0.3) is 5.91 Å². The quantitative estimate of drug-likeness (QED) is 0.537. The molecule has 0 fully saturated rings. The molecule has 0 unspecified atom stereocenters. The fourth-order valence-electron chi connectivity index (χ4n) is 2.52. The van der Waals surface area contributed by atoms with Crippen LogP contribution in [0.3, 0.4) is 0 Å². The predicted octanol–water partition coefficient (Wildman–Crippen LogP) is 3.17. The SMILES string of the molecule is CCCCOC(=O)c1ccc(NC(=O)COC(=O)c2ccc3c(c2)OCO3)cc1. The summed E-state index contributed by atoms with van der Waals surface area (Å²) in [6.07, 6.45) is 1.75. The van der Waals surface area contributed by atoms with Crippen LogP contribution < -0.4 is 14.8 Å². The third kappa shape index (κ3) is 5.47. The van der Waals surface area contributed by atoms with Crippen molar-refractivity contribution in [1.82, 2.24) is 0 Å². The molecule has 0 aliphatic carbocycles. The highest BCUT2D eigenvalue weighted by molar-refractivity contribution is 5.96. The molecule has 29 heavy (non-hydrogen) atoms. The summed E-state index contributed by atoms with van der Waals surface area (Å²) in [5.74, 6) is -0.552. The summed E-state index contributed by atoms with van der Waals surface area (Å²) in [5.41, 5.74) is 1.13. The van der Waals surface area contributed by atoms with E-state index in [1.807, 2.05) is 6.92 Å². The van der Waals surface area contributed by atoms with Crippen molar-refractivity contribution in [2.24, 2.45) is 0 Å². The van der Waals surface area contributed by atoms with Crippen molar-refractivity contribution in [2.75, 3.05) is 25.3 Å². The number of hydrogen-bond donors (Lipinski definition) is 1. The largest absolute Gasteiger partial charge is 0.462 e. The lowest BCUT2D eigenvalue weighted by atomic mass is 10.2. The van der Waals surface area contributed by atoms with Crippen molar-refractivity contribution in [1.29, 1.82) is 0 Å². The molecule has 3 rings (SSSR count). The van der Waals surface area contributed by atoms with E-state index >= 15 is 0 Å². The number of nitrogens with one attached hydrogen (secondary N) is 1. The first kappa shape index (κ1) is 20.2. The number of unbranched alkanes of at least 4 members (excludes halogenated alkanes) is 1. The van der Waals surface area contributed by atoms with Gasteiger partial charge in [-0.25, -0.2) is 9.59 Å². The molecule has 0 saturated heterocycles. The number of ether oxygens (including phenoxy) is 4. The molecular formula is C21H21NO7. The van der Waals surface area contributed by atoms with Gasteiger partial charge in [-0.2, -0.15) is 0 Å². The Morgan fingerprint density at radius 1 is 0.931 bits per heavy atom. The molecular weight excluding hydrogens is 378 g/mol. The molecule has 1 heterocycles. The Bertz CT molecular complexity index is 892. The van der Waals surface area contributed by atoms with E-state index in [2.05, 4.69) is 5.32 Å². The zero-order valence-electron chi connectivity index (χ0n) is 15.9. The number of benzene rings is 2. The molecule has 0 atom stereocenters. The van der Waals surface area contributed by atoms with Crippen LogP contribution in [-0.4, -0.2) is 37.9 Å². The van der Waals surface area contributed by atoms with E-state index in [9.17, 15) is 14.4 Å². The van der Waals surface area contributed by atoms with Gasteiger partial charge in [0.2, 0.25) is 6.79 Å². The van der Waals surface area contributed by atoms with Gasteiger partial charge in [0.05, 0.1) is 17.7 Å². The van der Waals surface area contributed by atoms with Crippen molar-refractivity contribution in [3.63, 3.8) is 0 Å². The fraction of sp³-hybridized carbons (Fsp3) is 0.286. The maximum absolute atomic E-state index is 12.1. The maximum Gasteiger partial charge on any atom is 0.338 e. The molecule has 1 amide bonds. The zero-order chi connectivity index (χ0) is 20.6. The van der Waals surface area contributed by atoms with E-state index in [1.54, 1.807) is 30.3 Å². The molecule has 0 spiro atoms. The Balaban J connectivity index is 1.46. The Hall–Kier alpha value is -3.55. The predicted molar refractivity (Wildman–Crippen MR) is 103 cm³/mol. The van der Waals surface area contributed by atoms with Gasteiger partial charge in [-0.05, 0) is 48.9 Å². The number of hydrogen-bond acceptors (Lipinski definition) is 7. The number of carbonyl (C=O) groups is 3. The number of esters is 2. The van der Waals surface area contributed by atoms with Crippen LogP contribution in [0.2, 0.25) is 0 Å². The fourth-order valence-corrected chi connectivity index (χ4v) is 2.52. The van der Waals surface area contributed by atoms with E-state index in [-0.39, 0.29) is 12.4 Å². The third-order valence-electron chi connectivity index (χ3n) is 4.08. The highest BCUT2D eigenvalue weighted by atomic mass is 16.7. The number of rotatable bonds is 8. The summed E-state index contributed by atoms with van der Waals surface area (Å²) in [4.78, 5) is 35.9. The summed E-state index contributed by atoms with van der Waals surface area (Å²) in [5, 5.41) is 2.60. The molecule has 2 aromatic rings. The standard InChI is InChI=1S/C21H21NO7/c1-2-3-10-26-20(24)14-4-7-16(8-5-14)22-19(23)12-27-21(25)15-6-9-17-18(11-15)29-13-28-17/h4-9,11H,2-3,10,12-13H2,1H3,(H,22,23). The molecule has 152 valence electrons. The topological polar surface area (TPSA) is 100 Å². The number of fused-ring (bicyclic) bond motifs is 1. The third-order valence-corrected chi connectivity index (χ3v) is 4.08. The minimum absolute atomic E-state index is 0.103. The molecule has 1 N–H and O–H groups in total. The van der Waals surface area contributed by atoms with E-state index in [1.165, 1.54) is 12.1 Å². The number of amides is 1. The first-order valence-corrected chi connectivity index (χ1v) is 9.20. The van der Waals surface area contributed by atoms with Gasteiger partial charge < -0.3 is 24.3 Å². The molecule has 0 saturated carbocycles. The molecule has 1 aliphatic heterocycles. The highest BCUT2D eigenvalue weighted by Gasteiger charge is 2.17. The second-order valence-electron chi connectivity index (χ2n) is 6.26. The summed E-state index contributed by atoms with van der Waals surface area (Å²) < 4.78 is 20.5. The Morgan fingerprint density at radius 3 is 2.38 bits per heavy atom. The minimum Gasteiger partial charge on any atom is -0.462 e. The lowest BCUT2D eigenvalue weighted by molar-refractivity contribution is -0.119. The van der Waals surface area contributed by atoms with Crippen LogP contribution in [0.25, 0.3) is 0 Å². The van der Waals surface area contributed by atoms with Crippen molar-refractivity contribution >= 4 is 23.5 Å². The first-order valence-electron chi connectivity index (χ1n) is 9.20. The Morgan fingerprint density at radius 2 is 1.62 bits per heavy atom. The van der Waals surface area contributed by atoms with Crippen LogP contribution in [-0.2, 0) is 14.3 Å². The Labute approximate surface area is 167 Å². The minimum atomic E-state index is -0.649. The lowest BCUT2D eigenvalue weighted by Crippen LogP contribution is -2.21. The highest BCUT2D eigenvalue weighted by Crippen LogP contribution is 2.32. The van der Waals surface area contributed by atoms with E-state index in [0.717, 1.165) is 12.8 Å². The molecule has 8 nitrogen and oxygen atoms in total. The molecule has 0 aromatic heterocycles. The van der Waals surface area contributed by atoms with Crippen LogP contribution in [0.1, 0.15) is 40.5 Å². The van der Waals surface area contributed by atoms with Crippen LogP contribution >= 0.6 is 0 Å². The normalized spacial score (nSPS) is 11.6. The monoisotopic (exact) mass is 399 g/mol. The Kier molecular flexibility index (Phi) is 6.67. The number of carbonyl (C=O) groups excluding carboxylic acids is 3. The van der Waals surface area contributed by atoms with Crippen LogP contribution in [0.4, 0.5) is 5.69 Å². The van der Waals surface area contributed by atoms with Gasteiger partial charge in [0.1, 0.15) is 0 Å². The second kappa shape index (κ2) is 9.59. The van der Waals surface area contributed by atoms with Crippen LogP contribution in [0, 0.1) is 0 Å². The van der Waals surface area contributed by atoms with E-state index in [0.29, 0.717) is 29.4 Å².